The molecule has 0 unspecified atom stereocenters. The summed E-state index contributed by atoms with van der Waals surface area (Å²) >= 11 is 0. The number of halogens is 2. The number of hydrogen-bond donors (Lipinski definition) is 0. The van der Waals surface area contributed by atoms with E-state index in [1.165, 1.54) is 11.9 Å². The van der Waals surface area contributed by atoms with Gasteiger partial charge in [-0.1, -0.05) is 18.2 Å². The molecule has 1 amide bonds. The van der Waals surface area contributed by atoms with Crippen molar-refractivity contribution in [3.05, 3.63) is 60.2 Å². The van der Waals surface area contributed by atoms with Gasteiger partial charge in [-0.15, -0.1) is 0 Å². The Balaban J connectivity index is 2.30. The number of carbonyl (C=O) groups is 1. The molecule has 0 bridgehead atoms. The number of sulfonamides is 1. The van der Waals surface area contributed by atoms with Crippen molar-refractivity contribution < 1.29 is 22.0 Å². The van der Waals surface area contributed by atoms with Gasteiger partial charge in [0.15, 0.2) is 11.6 Å². The maximum absolute atomic E-state index is 13.4. The third kappa shape index (κ3) is 4.08. The van der Waals surface area contributed by atoms with Crippen LogP contribution in [-0.4, -0.2) is 34.2 Å². The maximum atomic E-state index is 13.4. The summed E-state index contributed by atoms with van der Waals surface area (Å²) in [6.45, 7) is -0.532. The van der Waals surface area contributed by atoms with Crippen molar-refractivity contribution in [3.63, 3.8) is 0 Å². The lowest BCUT2D eigenvalue weighted by Crippen LogP contribution is -2.41. The molecular formula is C16H16F2N2O3S. The van der Waals surface area contributed by atoms with Crippen LogP contribution in [0.3, 0.4) is 0 Å². The molecule has 0 atom stereocenters. The lowest BCUT2D eigenvalue weighted by atomic mass is 10.3. The third-order valence-electron chi connectivity index (χ3n) is 3.39. The second-order valence-corrected chi connectivity index (χ2v) is 7.06. The number of benzene rings is 2. The molecule has 0 saturated carbocycles. The van der Waals surface area contributed by atoms with Crippen molar-refractivity contribution in [1.29, 1.82) is 0 Å². The van der Waals surface area contributed by atoms with Crippen LogP contribution in [0.1, 0.15) is 0 Å². The van der Waals surface area contributed by atoms with Gasteiger partial charge in [-0.05, 0) is 24.3 Å². The van der Waals surface area contributed by atoms with E-state index in [2.05, 4.69) is 0 Å². The number of rotatable bonds is 5. The maximum Gasteiger partial charge on any atom is 0.247 e. The molecule has 2 aromatic carbocycles. The molecule has 0 aliphatic rings. The lowest BCUT2D eigenvalue weighted by molar-refractivity contribution is -0.116. The second kappa shape index (κ2) is 6.96. The fourth-order valence-corrected chi connectivity index (χ4v) is 2.91. The summed E-state index contributed by atoms with van der Waals surface area (Å²) in [5.41, 5.74) is 0.465. The number of nitrogens with zero attached hydrogens (tertiary/aromatic N) is 2. The Morgan fingerprint density at radius 3 is 2.17 bits per heavy atom. The standard InChI is InChI=1S/C16H16F2N2O3S/c1-19(12-6-4-3-5-7-12)16(21)11-20(24(2,22)23)13-8-9-14(17)15(18)10-13/h3-10H,11H2,1-2H3. The van der Waals surface area contributed by atoms with E-state index in [1.807, 2.05) is 0 Å². The summed E-state index contributed by atoms with van der Waals surface area (Å²) in [6, 6.07) is 11.3. The molecule has 2 aromatic rings. The quantitative estimate of drug-likeness (QED) is 0.828. The molecule has 2 rings (SSSR count). The smallest absolute Gasteiger partial charge is 0.247 e. The number of para-hydroxylation sites is 1. The normalized spacial score (nSPS) is 11.2. The molecule has 0 aromatic heterocycles. The molecule has 128 valence electrons. The molecule has 0 N–H and O–H groups in total. The third-order valence-corrected chi connectivity index (χ3v) is 4.53. The summed E-state index contributed by atoms with van der Waals surface area (Å²) in [7, 11) is -2.36. The van der Waals surface area contributed by atoms with Gasteiger partial charge in [0.1, 0.15) is 6.54 Å². The summed E-state index contributed by atoms with van der Waals surface area (Å²) in [5, 5.41) is 0. The Kier molecular flexibility index (Phi) is 5.18. The van der Waals surface area contributed by atoms with Gasteiger partial charge in [-0.25, -0.2) is 17.2 Å². The molecule has 24 heavy (non-hydrogen) atoms. The molecule has 0 aliphatic carbocycles. The number of carbonyl (C=O) groups excluding carboxylic acids is 1. The highest BCUT2D eigenvalue weighted by Crippen LogP contribution is 2.21. The van der Waals surface area contributed by atoms with Crippen LogP contribution in [0.5, 0.6) is 0 Å². The van der Waals surface area contributed by atoms with Crippen LogP contribution in [0.2, 0.25) is 0 Å². The summed E-state index contributed by atoms with van der Waals surface area (Å²) < 4.78 is 51.1. The Morgan fingerprint density at radius 2 is 1.62 bits per heavy atom. The van der Waals surface area contributed by atoms with Gasteiger partial charge in [0.2, 0.25) is 15.9 Å². The van der Waals surface area contributed by atoms with E-state index in [0.29, 0.717) is 5.69 Å². The van der Waals surface area contributed by atoms with Crippen LogP contribution >= 0.6 is 0 Å². The molecule has 0 radical (unpaired) electrons. The first-order valence-corrected chi connectivity index (χ1v) is 8.79. The highest BCUT2D eigenvalue weighted by atomic mass is 32.2. The predicted octanol–water partition coefficient (Wildman–Crippen LogP) is 2.39. The van der Waals surface area contributed by atoms with Crippen LogP contribution < -0.4 is 9.21 Å². The molecule has 0 heterocycles. The van der Waals surface area contributed by atoms with E-state index in [-0.39, 0.29) is 5.69 Å². The molecule has 0 fully saturated rings. The minimum Gasteiger partial charge on any atom is -0.314 e. The fourth-order valence-electron chi connectivity index (χ4n) is 2.06. The number of anilines is 2. The monoisotopic (exact) mass is 354 g/mol. The van der Waals surface area contributed by atoms with Gasteiger partial charge >= 0.3 is 0 Å². The molecular weight excluding hydrogens is 338 g/mol. The van der Waals surface area contributed by atoms with Gasteiger partial charge in [0, 0.05) is 18.8 Å². The Hall–Kier alpha value is -2.48. The van der Waals surface area contributed by atoms with Gasteiger partial charge < -0.3 is 4.90 Å². The average Bonchev–Trinajstić information content (AvgIpc) is 2.54. The molecule has 0 saturated heterocycles. The molecule has 0 spiro atoms. The first-order valence-electron chi connectivity index (χ1n) is 6.94. The summed E-state index contributed by atoms with van der Waals surface area (Å²) in [6.07, 6.45) is 0.893. The Bertz CT molecular complexity index is 842. The van der Waals surface area contributed by atoms with Crippen molar-refractivity contribution in [1.82, 2.24) is 0 Å². The van der Waals surface area contributed by atoms with Crippen LogP contribution in [0.15, 0.2) is 48.5 Å². The van der Waals surface area contributed by atoms with E-state index in [4.69, 9.17) is 0 Å². The van der Waals surface area contributed by atoms with Crippen molar-refractivity contribution in [2.24, 2.45) is 0 Å². The summed E-state index contributed by atoms with van der Waals surface area (Å²) in [5.74, 6) is -2.80. The van der Waals surface area contributed by atoms with Crippen LogP contribution in [0.25, 0.3) is 0 Å². The topological polar surface area (TPSA) is 57.7 Å². The minimum absolute atomic E-state index is 0.119. The van der Waals surface area contributed by atoms with E-state index < -0.39 is 34.1 Å². The first-order chi connectivity index (χ1) is 11.2. The van der Waals surface area contributed by atoms with Gasteiger partial charge in [0.25, 0.3) is 0 Å². The highest BCUT2D eigenvalue weighted by molar-refractivity contribution is 7.92. The van der Waals surface area contributed by atoms with Crippen LogP contribution in [0.4, 0.5) is 20.2 Å². The predicted molar refractivity (Wildman–Crippen MR) is 88.4 cm³/mol. The zero-order valence-corrected chi connectivity index (χ0v) is 13.9. The van der Waals surface area contributed by atoms with Crippen LogP contribution in [0, 0.1) is 11.6 Å². The van der Waals surface area contributed by atoms with Gasteiger partial charge in [-0.3, -0.25) is 9.10 Å². The van der Waals surface area contributed by atoms with E-state index in [9.17, 15) is 22.0 Å². The molecule has 5 nitrogen and oxygen atoms in total. The average molecular weight is 354 g/mol. The Labute approximate surface area is 139 Å². The van der Waals surface area contributed by atoms with E-state index in [1.54, 1.807) is 30.3 Å². The van der Waals surface area contributed by atoms with E-state index >= 15 is 0 Å². The van der Waals surface area contributed by atoms with Gasteiger partial charge in [0.05, 0.1) is 11.9 Å². The van der Waals surface area contributed by atoms with Crippen molar-refractivity contribution in [2.45, 2.75) is 0 Å². The number of hydrogen-bond acceptors (Lipinski definition) is 3. The number of amides is 1. The van der Waals surface area contributed by atoms with Crippen LogP contribution in [-0.2, 0) is 14.8 Å². The first kappa shape index (κ1) is 17.9. The van der Waals surface area contributed by atoms with E-state index in [0.717, 1.165) is 28.8 Å². The second-order valence-electron chi connectivity index (χ2n) is 5.16. The largest absolute Gasteiger partial charge is 0.314 e. The fraction of sp³-hybridized carbons (Fsp3) is 0.188. The van der Waals surface area contributed by atoms with Crippen molar-refractivity contribution in [3.8, 4) is 0 Å². The number of likely N-dealkylation sites (N-methyl/N-ethyl adjacent to an activating group) is 1. The molecule has 8 heteroatoms. The molecule has 0 aliphatic heterocycles. The lowest BCUT2D eigenvalue weighted by Gasteiger charge is -2.25. The Morgan fingerprint density at radius 1 is 1.00 bits per heavy atom. The zero-order valence-electron chi connectivity index (χ0n) is 13.1. The minimum atomic E-state index is -3.86. The van der Waals surface area contributed by atoms with Gasteiger partial charge in [-0.2, -0.15) is 0 Å². The van der Waals surface area contributed by atoms with Crippen molar-refractivity contribution >= 4 is 27.3 Å². The van der Waals surface area contributed by atoms with Crippen molar-refractivity contribution in [2.75, 3.05) is 29.1 Å². The SMILES string of the molecule is CN(C(=O)CN(c1ccc(F)c(F)c1)S(C)(=O)=O)c1ccccc1. The summed E-state index contributed by atoms with van der Waals surface area (Å²) in [4.78, 5) is 13.7. The zero-order chi connectivity index (χ0) is 17.9. The highest BCUT2D eigenvalue weighted by Gasteiger charge is 2.24.